The number of nitrogens with two attached hydrogens (primary N) is 1. The molecule has 0 aliphatic heterocycles. The first kappa shape index (κ1) is 12.7. The molecule has 0 amide bonds. The number of hydrogen-bond donors (Lipinski definition) is 1. The Hall–Kier alpha value is -1.77. The van der Waals surface area contributed by atoms with E-state index in [1.807, 2.05) is 10.9 Å². The van der Waals surface area contributed by atoms with E-state index in [0.717, 1.165) is 42.9 Å². The number of imidazole rings is 1. The van der Waals surface area contributed by atoms with Crippen molar-refractivity contribution in [2.24, 2.45) is 0 Å². The van der Waals surface area contributed by atoms with Gasteiger partial charge < -0.3 is 10.3 Å². The third kappa shape index (κ3) is 2.55. The van der Waals surface area contributed by atoms with Crippen LogP contribution in [0.2, 0.25) is 0 Å². The molecule has 0 spiro atoms. The van der Waals surface area contributed by atoms with Crippen LogP contribution in [0.15, 0.2) is 30.6 Å². The van der Waals surface area contributed by atoms with Crippen LogP contribution in [0.1, 0.15) is 32.3 Å². The van der Waals surface area contributed by atoms with Crippen molar-refractivity contribution in [3.8, 4) is 11.3 Å². The fourth-order valence-electron chi connectivity index (χ4n) is 2.02. The van der Waals surface area contributed by atoms with Crippen LogP contribution < -0.4 is 5.73 Å². The SMILES string of the molecule is CCCCn1cnc(-c2ccc(CC)cc2)c1N. The first-order chi connectivity index (χ1) is 8.76. The van der Waals surface area contributed by atoms with E-state index in [4.69, 9.17) is 5.73 Å². The Morgan fingerprint density at radius 1 is 1.17 bits per heavy atom. The molecule has 0 radical (unpaired) electrons. The molecule has 0 bridgehead atoms. The Balaban J connectivity index is 2.24. The Morgan fingerprint density at radius 3 is 2.50 bits per heavy atom. The van der Waals surface area contributed by atoms with Gasteiger partial charge in [0.25, 0.3) is 0 Å². The second kappa shape index (κ2) is 5.71. The molecule has 1 aromatic carbocycles. The highest BCUT2D eigenvalue weighted by molar-refractivity contribution is 5.70. The summed E-state index contributed by atoms with van der Waals surface area (Å²) < 4.78 is 2.03. The van der Waals surface area contributed by atoms with Crippen LogP contribution in [0, 0.1) is 0 Å². The lowest BCUT2D eigenvalue weighted by atomic mass is 10.1. The second-order valence-electron chi connectivity index (χ2n) is 4.58. The van der Waals surface area contributed by atoms with Gasteiger partial charge in [0.15, 0.2) is 0 Å². The van der Waals surface area contributed by atoms with Gasteiger partial charge >= 0.3 is 0 Å². The highest BCUT2D eigenvalue weighted by Crippen LogP contribution is 2.24. The molecule has 96 valence electrons. The molecule has 0 saturated heterocycles. The summed E-state index contributed by atoms with van der Waals surface area (Å²) in [5.74, 6) is 0.771. The lowest BCUT2D eigenvalue weighted by Crippen LogP contribution is -2.02. The van der Waals surface area contributed by atoms with Gasteiger partial charge in [-0.25, -0.2) is 4.98 Å². The first-order valence-corrected chi connectivity index (χ1v) is 6.66. The predicted molar refractivity (Wildman–Crippen MR) is 76.4 cm³/mol. The quantitative estimate of drug-likeness (QED) is 0.873. The average Bonchev–Trinajstić information content (AvgIpc) is 2.78. The predicted octanol–water partition coefficient (Wildman–Crippen LogP) is 3.49. The summed E-state index contributed by atoms with van der Waals surface area (Å²) >= 11 is 0. The molecule has 18 heavy (non-hydrogen) atoms. The lowest BCUT2D eigenvalue weighted by molar-refractivity contribution is 0.637. The molecule has 0 aliphatic rings. The van der Waals surface area contributed by atoms with Crippen molar-refractivity contribution in [3.63, 3.8) is 0 Å². The van der Waals surface area contributed by atoms with Crippen LogP contribution in [0.5, 0.6) is 0 Å². The van der Waals surface area contributed by atoms with Crippen molar-refractivity contribution in [2.75, 3.05) is 5.73 Å². The minimum Gasteiger partial charge on any atom is -0.383 e. The zero-order valence-electron chi connectivity index (χ0n) is 11.2. The molecular formula is C15H21N3. The maximum Gasteiger partial charge on any atom is 0.131 e. The largest absolute Gasteiger partial charge is 0.383 e. The van der Waals surface area contributed by atoms with Gasteiger partial charge in [-0.15, -0.1) is 0 Å². The maximum absolute atomic E-state index is 6.15. The molecule has 1 heterocycles. The van der Waals surface area contributed by atoms with E-state index < -0.39 is 0 Å². The lowest BCUT2D eigenvalue weighted by Gasteiger charge is -2.05. The van der Waals surface area contributed by atoms with Crippen LogP contribution in [0.4, 0.5) is 5.82 Å². The third-order valence-electron chi connectivity index (χ3n) is 3.27. The van der Waals surface area contributed by atoms with E-state index in [1.165, 1.54) is 5.56 Å². The molecule has 3 nitrogen and oxygen atoms in total. The Labute approximate surface area is 109 Å². The molecule has 3 heteroatoms. The molecule has 1 aromatic heterocycles. The number of rotatable bonds is 5. The average molecular weight is 243 g/mol. The van der Waals surface area contributed by atoms with Crippen LogP contribution in [0.25, 0.3) is 11.3 Å². The van der Waals surface area contributed by atoms with Crippen LogP contribution >= 0.6 is 0 Å². The van der Waals surface area contributed by atoms with Crippen LogP contribution in [-0.4, -0.2) is 9.55 Å². The molecule has 0 aliphatic carbocycles. The van der Waals surface area contributed by atoms with Gasteiger partial charge in [-0.3, -0.25) is 0 Å². The maximum atomic E-state index is 6.15. The van der Waals surface area contributed by atoms with Crippen molar-refractivity contribution in [1.82, 2.24) is 9.55 Å². The Kier molecular flexibility index (Phi) is 4.03. The highest BCUT2D eigenvalue weighted by atomic mass is 15.1. The van der Waals surface area contributed by atoms with Crippen LogP contribution in [0.3, 0.4) is 0 Å². The number of unbranched alkanes of at least 4 members (excludes halogenated alkanes) is 1. The van der Waals surface area contributed by atoms with Crippen molar-refractivity contribution >= 4 is 5.82 Å². The molecule has 0 unspecified atom stereocenters. The van der Waals surface area contributed by atoms with Crippen molar-refractivity contribution < 1.29 is 0 Å². The standard InChI is InChI=1S/C15H21N3/c1-3-5-10-18-11-17-14(15(18)16)13-8-6-12(4-2)7-9-13/h6-9,11H,3-5,10,16H2,1-2H3. The minimum absolute atomic E-state index is 0.771. The summed E-state index contributed by atoms with van der Waals surface area (Å²) in [6.07, 6.45) is 5.20. The van der Waals surface area contributed by atoms with Gasteiger partial charge in [0, 0.05) is 12.1 Å². The van der Waals surface area contributed by atoms with E-state index in [0.29, 0.717) is 0 Å². The summed E-state index contributed by atoms with van der Waals surface area (Å²) in [6.45, 7) is 5.28. The Bertz CT molecular complexity index is 497. The van der Waals surface area contributed by atoms with Crippen molar-refractivity contribution in [3.05, 3.63) is 36.2 Å². The fourth-order valence-corrected chi connectivity index (χ4v) is 2.02. The summed E-state index contributed by atoms with van der Waals surface area (Å²) in [6, 6.07) is 8.48. The minimum atomic E-state index is 0.771. The molecule has 2 aromatic rings. The number of anilines is 1. The van der Waals surface area contributed by atoms with Gasteiger partial charge in [-0.05, 0) is 18.4 Å². The zero-order valence-corrected chi connectivity index (χ0v) is 11.2. The summed E-state index contributed by atoms with van der Waals surface area (Å²) in [5.41, 5.74) is 9.48. The van der Waals surface area contributed by atoms with Gasteiger partial charge in [0.05, 0.1) is 6.33 Å². The van der Waals surface area contributed by atoms with E-state index >= 15 is 0 Å². The molecule has 0 fully saturated rings. The smallest absolute Gasteiger partial charge is 0.131 e. The topological polar surface area (TPSA) is 43.8 Å². The molecule has 2 rings (SSSR count). The third-order valence-corrected chi connectivity index (χ3v) is 3.27. The van der Waals surface area contributed by atoms with E-state index in [1.54, 1.807) is 0 Å². The summed E-state index contributed by atoms with van der Waals surface area (Å²) in [4.78, 5) is 4.43. The fraction of sp³-hybridized carbons (Fsp3) is 0.400. The number of hydrogen-bond acceptors (Lipinski definition) is 2. The summed E-state index contributed by atoms with van der Waals surface area (Å²) in [7, 11) is 0. The van der Waals surface area contributed by atoms with Gasteiger partial charge in [-0.2, -0.15) is 0 Å². The molecular weight excluding hydrogens is 222 g/mol. The number of aromatic nitrogens is 2. The van der Waals surface area contributed by atoms with E-state index in [2.05, 4.69) is 43.1 Å². The first-order valence-electron chi connectivity index (χ1n) is 6.66. The van der Waals surface area contributed by atoms with E-state index in [9.17, 15) is 0 Å². The Morgan fingerprint density at radius 2 is 1.89 bits per heavy atom. The monoisotopic (exact) mass is 243 g/mol. The van der Waals surface area contributed by atoms with Crippen molar-refractivity contribution in [2.45, 2.75) is 39.7 Å². The molecule has 0 atom stereocenters. The number of nitrogens with zero attached hydrogens (tertiary/aromatic N) is 2. The van der Waals surface area contributed by atoms with Crippen LogP contribution in [-0.2, 0) is 13.0 Å². The number of nitrogen functional groups attached to an aromatic ring is 1. The normalized spacial score (nSPS) is 10.8. The second-order valence-corrected chi connectivity index (χ2v) is 4.58. The number of aryl methyl sites for hydroxylation is 2. The zero-order chi connectivity index (χ0) is 13.0. The molecule has 2 N–H and O–H groups in total. The summed E-state index contributed by atoms with van der Waals surface area (Å²) in [5, 5.41) is 0. The van der Waals surface area contributed by atoms with Gasteiger partial charge in [-0.1, -0.05) is 44.5 Å². The molecule has 0 saturated carbocycles. The highest BCUT2D eigenvalue weighted by Gasteiger charge is 2.09. The number of benzene rings is 1. The van der Waals surface area contributed by atoms with Crippen molar-refractivity contribution in [1.29, 1.82) is 0 Å². The van der Waals surface area contributed by atoms with Gasteiger partial charge in [0.1, 0.15) is 11.5 Å². The van der Waals surface area contributed by atoms with Gasteiger partial charge in [0.2, 0.25) is 0 Å². The van der Waals surface area contributed by atoms with E-state index in [-0.39, 0.29) is 0 Å².